The van der Waals surface area contributed by atoms with Gasteiger partial charge < -0.3 is 4.57 Å². The van der Waals surface area contributed by atoms with E-state index in [1.807, 2.05) is 28.8 Å². The molecule has 1 aromatic carbocycles. The molecule has 1 heterocycles. The number of fused-ring (bicyclic) bond motifs is 1. The fourth-order valence-corrected chi connectivity index (χ4v) is 5.71. The van der Waals surface area contributed by atoms with Gasteiger partial charge in [-0.15, -0.1) is 0 Å². The molecule has 0 bridgehead atoms. The van der Waals surface area contributed by atoms with Gasteiger partial charge in [0.15, 0.2) is 0 Å². The summed E-state index contributed by atoms with van der Waals surface area (Å²) in [5.41, 5.74) is 2.08. The van der Waals surface area contributed by atoms with Gasteiger partial charge in [0.2, 0.25) is 0 Å². The molecule has 156 valence electrons. The summed E-state index contributed by atoms with van der Waals surface area (Å²) in [5, 5.41) is 0. The van der Waals surface area contributed by atoms with E-state index in [0.717, 1.165) is 35.7 Å². The van der Waals surface area contributed by atoms with E-state index < -0.39 is 0 Å². The van der Waals surface area contributed by atoms with Crippen LogP contribution in [0.5, 0.6) is 0 Å². The second-order valence-corrected chi connectivity index (χ2v) is 9.27. The minimum Gasteiger partial charge on any atom is -0.302 e. The number of hydrogen-bond acceptors (Lipinski definition) is 3. The van der Waals surface area contributed by atoms with E-state index in [0.29, 0.717) is 5.69 Å². The number of rotatable bonds is 4. The van der Waals surface area contributed by atoms with Crippen molar-refractivity contribution >= 4 is 16.8 Å². The van der Waals surface area contributed by atoms with Crippen molar-refractivity contribution in [3.8, 4) is 0 Å². The van der Waals surface area contributed by atoms with E-state index in [9.17, 15) is 9.59 Å². The topological polar surface area (TPSA) is 52.0 Å². The molecule has 0 amide bonds. The molecule has 4 rings (SSSR count). The Balaban J connectivity index is 1.56. The molecule has 0 aliphatic heterocycles. The van der Waals surface area contributed by atoms with Crippen molar-refractivity contribution < 1.29 is 4.79 Å². The van der Waals surface area contributed by atoms with Gasteiger partial charge in [-0.05, 0) is 56.6 Å². The van der Waals surface area contributed by atoms with Crippen molar-refractivity contribution in [1.29, 1.82) is 0 Å². The Kier molecular flexibility index (Phi) is 6.46. The molecule has 0 atom stereocenters. The van der Waals surface area contributed by atoms with Crippen LogP contribution < -0.4 is 5.56 Å². The fraction of sp³-hybridized carbons (Fsp3) is 0.640. The van der Waals surface area contributed by atoms with E-state index in [1.165, 1.54) is 64.7 Å². The molecule has 2 aliphatic rings. The molecule has 0 radical (unpaired) electrons. The summed E-state index contributed by atoms with van der Waals surface area (Å²) in [6.07, 6.45) is 14.5. The fourth-order valence-electron chi connectivity index (χ4n) is 5.71. The molecule has 2 aromatic rings. The van der Waals surface area contributed by atoms with Crippen molar-refractivity contribution in [2.24, 2.45) is 11.8 Å². The molecular weight excluding hydrogens is 360 g/mol. The zero-order valence-corrected chi connectivity index (χ0v) is 17.7. The highest BCUT2D eigenvalue weighted by Crippen LogP contribution is 2.40. The van der Waals surface area contributed by atoms with E-state index in [2.05, 4.69) is 4.98 Å². The number of Topliss-reactive ketones (excluding diaryl/α,β-unsaturated/α-hetero) is 1. The normalized spacial score (nSPS) is 24.2. The third-order valence-electron chi connectivity index (χ3n) is 7.20. The van der Waals surface area contributed by atoms with Crippen molar-refractivity contribution in [1.82, 2.24) is 9.55 Å². The van der Waals surface area contributed by atoms with Gasteiger partial charge in [0.1, 0.15) is 11.5 Å². The minimum atomic E-state index is -0.0618. The number of hydrogen-bond donors (Lipinski definition) is 0. The molecule has 2 aliphatic carbocycles. The van der Waals surface area contributed by atoms with Crippen LogP contribution in [0.15, 0.2) is 29.1 Å². The smallest absolute Gasteiger partial charge is 0.273 e. The summed E-state index contributed by atoms with van der Waals surface area (Å²) in [6, 6.07) is 8.11. The lowest BCUT2D eigenvalue weighted by Gasteiger charge is -2.36. The summed E-state index contributed by atoms with van der Waals surface area (Å²) in [5.74, 6) is 1.70. The molecule has 29 heavy (non-hydrogen) atoms. The summed E-state index contributed by atoms with van der Waals surface area (Å²) in [6.45, 7) is 1.53. The molecule has 2 fully saturated rings. The lowest BCUT2D eigenvalue weighted by molar-refractivity contribution is -0.116. The molecule has 4 heteroatoms. The summed E-state index contributed by atoms with van der Waals surface area (Å²) < 4.78 is 1.97. The maximum absolute atomic E-state index is 13.2. The van der Waals surface area contributed by atoms with Crippen LogP contribution in [0.25, 0.3) is 11.0 Å². The van der Waals surface area contributed by atoms with Gasteiger partial charge in [-0.1, -0.05) is 57.1 Å². The van der Waals surface area contributed by atoms with Crippen molar-refractivity contribution in [3.63, 3.8) is 0 Å². The molecule has 0 spiro atoms. The van der Waals surface area contributed by atoms with Crippen LogP contribution in [0.2, 0.25) is 0 Å². The van der Waals surface area contributed by atoms with Crippen molar-refractivity contribution in [2.45, 2.75) is 90.0 Å². The molecule has 0 N–H and O–H groups in total. The first kappa shape index (κ1) is 20.3. The van der Waals surface area contributed by atoms with Crippen LogP contribution in [0.1, 0.15) is 89.3 Å². The second-order valence-electron chi connectivity index (χ2n) is 9.27. The molecule has 0 unspecified atom stereocenters. The number of carbonyl (C=O) groups excluding carboxylic acids is 1. The SMILES string of the molecule is CC(=O)Cc1nc2ccccc2n(C2CCC(C3CCCCCCC3)CC2)c1=O. The predicted octanol–water partition coefficient (Wildman–Crippen LogP) is 5.62. The second kappa shape index (κ2) is 9.23. The van der Waals surface area contributed by atoms with Gasteiger partial charge in [0.05, 0.1) is 17.5 Å². The highest BCUT2D eigenvalue weighted by atomic mass is 16.1. The van der Waals surface area contributed by atoms with Crippen LogP contribution in [0, 0.1) is 11.8 Å². The third kappa shape index (κ3) is 4.62. The standard InChI is InChI=1S/C25H34N2O2/c1-18(28)17-23-25(29)27(24-12-8-7-11-22(24)26-23)21-15-13-20(14-16-21)19-9-5-3-2-4-6-10-19/h7-8,11-12,19-21H,2-6,9-10,13-17H2,1H3. The van der Waals surface area contributed by atoms with E-state index in [4.69, 9.17) is 0 Å². The van der Waals surface area contributed by atoms with Crippen LogP contribution in [0.4, 0.5) is 0 Å². The molecular formula is C25H34N2O2. The van der Waals surface area contributed by atoms with E-state index in [1.54, 1.807) is 0 Å². The summed E-state index contributed by atoms with van der Waals surface area (Å²) in [4.78, 5) is 29.4. The molecule has 1 aromatic heterocycles. The Hall–Kier alpha value is -1.97. The van der Waals surface area contributed by atoms with Crippen molar-refractivity contribution in [2.75, 3.05) is 0 Å². The minimum absolute atomic E-state index is 0.00980. The number of aromatic nitrogens is 2. The summed E-state index contributed by atoms with van der Waals surface area (Å²) in [7, 11) is 0. The van der Waals surface area contributed by atoms with Crippen LogP contribution in [0.3, 0.4) is 0 Å². The Bertz CT molecular complexity index is 901. The lowest BCUT2D eigenvalue weighted by atomic mass is 9.73. The Morgan fingerprint density at radius 1 is 0.931 bits per heavy atom. The predicted molar refractivity (Wildman–Crippen MR) is 117 cm³/mol. The zero-order chi connectivity index (χ0) is 20.2. The first-order valence-corrected chi connectivity index (χ1v) is 11.6. The molecule has 4 nitrogen and oxygen atoms in total. The zero-order valence-electron chi connectivity index (χ0n) is 17.7. The number of carbonyl (C=O) groups is 1. The molecule has 2 saturated carbocycles. The van der Waals surface area contributed by atoms with Gasteiger partial charge >= 0.3 is 0 Å². The van der Waals surface area contributed by atoms with Gasteiger partial charge in [-0.3, -0.25) is 9.59 Å². The molecule has 0 saturated heterocycles. The van der Waals surface area contributed by atoms with Crippen LogP contribution >= 0.6 is 0 Å². The quantitative estimate of drug-likeness (QED) is 0.676. The Morgan fingerprint density at radius 3 is 2.24 bits per heavy atom. The maximum atomic E-state index is 13.2. The highest BCUT2D eigenvalue weighted by molar-refractivity contribution is 5.79. The van der Waals surface area contributed by atoms with Gasteiger partial charge in [0, 0.05) is 6.04 Å². The number of para-hydroxylation sites is 2. The largest absolute Gasteiger partial charge is 0.302 e. The number of ketones is 1. The van der Waals surface area contributed by atoms with Crippen molar-refractivity contribution in [3.05, 3.63) is 40.3 Å². The number of nitrogens with zero attached hydrogens (tertiary/aromatic N) is 2. The summed E-state index contributed by atoms with van der Waals surface area (Å²) >= 11 is 0. The van der Waals surface area contributed by atoms with Crippen LogP contribution in [-0.2, 0) is 11.2 Å². The average molecular weight is 395 g/mol. The Morgan fingerprint density at radius 2 is 1.55 bits per heavy atom. The Labute approximate surface area is 173 Å². The maximum Gasteiger partial charge on any atom is 0.273 e. The average Bonchev–Trinajstić information content (AvgIpc) is 2.69. The third-order valence-corrected chi connectivity index (χ3v) is 7.20. The first-order chi connectivity index (χ1) is 14.1. The van der Waals surface area contributed by atoms with Crippen LogP contribution in [-0.4, -0.2) is 15.3 Å². The van der Waals surface area contributed by atoms with E-state index >= 15 is 0 Å². The van der Waals surface area contributed by atoms with Gasteiger partial charge in [0.25, 0.3) is 5.56 Å². The number of benzene rings is 1. The monoisotopic (exact) mass is 394 g/mol. The van der Waals surface area contributed by atoms with Gasteiger partial charge in [-0.25, -0.2) is 4.98 Å². The van der Waals surface area contributed by atoms with E-state index in [-0.39, 0.29) is 23.8 Å². The highest BCUT2D eigenvalue weighted by Gasteiger charge is 2.30. The lowest BCUT2D eigenvalue weighted by Crippen LogP contribution is -2.33. The first-order valence-electron chi connectivity index (χ1n) is 11.6. The van der Waals surface area contributed by atoms with Gasteiger partial charge in [-0.2, -0.15) is 0 Å².